The van der Waals surface area contributed by atoms with Crippen LogP contribution >= 0.6 is 0 Å². The van der Waals surface area contributed by atoms with E-state index in [0.29, 0.717) is 17.8 Å². The Morgan fingerprint density at radius 3 is 2.05 bits per heavy atom. The lowest BCUT2D eigenvalue weighted by Gasteiger charge is -2.29. The molecule has 5 nitrogen and oxygen atoms in total. The molecule has 0 radical (unpaired) electrons. The van der Waals surface area contributed by atoms with Crippen LogP contribution < -0.4 is 5.59 Å². The summed E-state index contributed by atoms with van der Waals surface area (Å²) in [5.41, 5.74) is 1.85. The largest absolute Gasteiger partial charge is 0.391 e. The Labute approximate surface area is 116 Å². The van der Waals surface area contributed by atoms with Crippen molar-refractivity contribution in [1.29, 1.82) is 0 Å². The lowest BCUT2D eigenvalue weighted by Crippen LogP contribution is -2.50. The van der Waals surface area contributed by atoms with Gasteiger partial charge in [0.15, 0.2) is 0 Å². The van der Waals surface area contributed by atoms with Crippen molar-refractivity contribution in [3.05, 3.63) is 4.91 Å². The van der Waals surface area contributed by atoms with E-state index in [1.807, 2.05) is 20.8 Å². The second kappa shape index (κ2) is 6.15. The van der Waals surface area contributed by atoms with Gasteiger partial charge in [-0.15, -0.1) is 5.01 Å². The minimum Gasteiger partial charge on any atom is -0.219 e. The summed E-state index contributed by atoms with van der Waals surface area (Å²) in [5.74, 6) is -1.25. The van der Waals surface area contributed by atoms with Crippen molar-refractivity contribution in [3.8, 4) is 0 Å². The van der Waals surface area contributed by atoms with E-state index in [1.165, 1.54) is 5.01 Å². The lowest BCUT2D eigenvalue weighted by molar-refractivity contribution is -0.797. The van der Waals surface area contributed by atoms with Crippen LogP contribution in [0.3, 0.4) is 0 Å². The van der Waals surface area contributed by atoms with Crippen molar-refractivity contribution in [1.82, 2.24) is 10.6 Å². The molecule has 0 atom stereocenters. The SMILES string of the molecule is CN([N+](=O)NOC1CCC(C(F)(F)F)CC1)C(C)(C)C. The molecule has 118 valence electrons. The number of alkyl halides is 3. The van der Waals surface area contributed by atoms with E-state index >= 15 is 0 Å². The van der Waals surface area contributed by atoms with Gasteiger partial charge in [-0.1, -0.05) is 0 Å². The first-order chi connectivity index (χ1) is 9.01. The van der Waals surface area contributed by atoms with Crippen molar-refractivity contribution in [2.24, 2.45) is 5.92 Å². The van der Waals surface area contributed by atoms with Gasteiger partial charge in [0.25, 0.3) is 4.98 Å². The number of hydrogen-bond acceptors (Lipinski definition) is 2. The van der Waals surface area contributed by atoms with E-state index in [-0.39, 0.29) is 24.5 Å². The second-order valence-electron chi connectivity index (χ2n) is 6.19. The number of nitrogens with zero attached hydrogens (tertiary/aromatic N) is 2. The molecular formula is C12H23F3N3O2+. The van der Waals surface area contributed by atoms with Gasteiger partial charge in [-0.2, -0.15) is 13.2 Å². The molecule has 0 aromatic carbocycles. The summed E-state index contributed by atoms with van der Waals surface area (Å²) >= 11 is 0. The van der Waals surface area contributed by atoms with Crippen molar-refractivity contribution < 1.29 is 23.0 Å². The van der Waals surface area contributed by atoms with Gasteiger partial charge in [0, 0.05) is 5.59 Å². The van der Waals surface area contributed by atoms with Crippen LogP contribution in [0.4, 0.5) is 13.2 Å². The maximum absolute atomic E-state index is 12.5. The van der Waals surface area contributed by atoms with Crippen LogP contribution in [0.25, 0.3) is 0 Å². The third-order valence-electron chi connectivity index (χ3n) is 3.68. The van der Waals surface area contributed by atoms with Crippen molar-refractivity contribution in [3.63, 3.8) is 0 Å². The highest BCUT2D eigenvalue weighted by Crippen LogP contribution is 2.37. The molecule has 1 saturated carbocycles. The summed E-state index contributed by atoms with van der Waals surface area (Å²) in [5, 5.41) is 1.40. The fraction of sp³-hybridized carbons (Fsp3) is 1.00. The highest BCUT2D eigenvalue weighted by Gasteiger charge is 2.42. The van der Waals surface area contributed by atoms with Gasteiger partial charge < -0.3 is 0 Å². The highest BCUT2D eigenvalue weighted by molar-refractivity contribution is 4.76. The van der Waals surface area contributed by atoms with Crippen LogP contribution in [-0.2, 0) is 4.84 Å². The molecule has 0 unspecified atom stereocenters. The fourth-order valence-corrected chi connectivity index (χ4v) is 1.96. The zero-order valence-corrected chi connectivity index (χ0v) is 12.3. The molecule has 0 bridgehead atoms. The molecule has 0 heterocycles. The Bertz CT molecular complexity index is 334. The molecule has 1 fully saturated rings. The normalized spacial score (nSPS) is 24.4. The molecule has 1 rings (SSSR count). The standard InChI is InChI=1S/C12H23F3N3O2/c1-11(2,3)17(4)18(19)16-20-10-7-5-9(6-8-10)12(13,14)15/h9-10H,5-8H2,1-4H3,(H,16,19)/q+1. The topological polar surface area (TPSA) is 44.6 Å². The molecule has 0 aromatic rings. The third-order valence-corrected chi connectivity index (χ3v) is 3.68. The van der Waals surface area contributed by atoms with Crippen LogP contribution in [0.1, 0.15) is 46.5 Å². The molecule has 1 N–H and O–H groups in total. The summed E-state index contributed by atoms with van der Waals surface area (Å²) in [6.07, 6.45) is -3.81. The molecule has 1 aliphatic rings. The molecular weight excluding hydrogens is 275 g/mol. The molecule has 8 heteroatoms. The molecule has 0 amide bonds. The Kier molecular flexibility index (Phi) is 5.23. The minimum atomic E-state index is -4.13. The fourth-order valence-electron chi connectivity index (χ4n) is 1.96. The zero-order chi connectivity index (χ0) is 15.6. The number of hydrogen-bond donors (Lipinski definition) is 1. The number of nitroso groups, excluding NO2 is 1. The summed E-state index contributed by atoms with van der Waals surface area (Å²) < 4.78 is 37.5. The number of hydrazine groups is 2. The van der Waals surface area contributed by atoms with Crippen LogP contribution in [0.15, 0.2) is 0 Å². The van der Waals surface area contributed by atoms with Gasteiger partial charge in [0.2, 0.25) is 0 Å². The first-order valence-electron chi connectivity index (χ1n) is 6.71. The molecule has 1 aliphatic carbocycles. The zero-order valence-electron chi connectivity index (χ0n) is 12.3. The summed E-state index contributed by atoms with van der Waals surface area (Å²) in [6, 6.07) is 0. The van der Waals surface area contributed by atoms with Crippen LogP contribution in [0.5, 0.6) is 0 Å². The minimum absolute atomic E-state index is 0.0455. The number of nitrogens with one attached hydrogen (secondary N) is 1. The van der Waals surface area contributed by atoms with Crippen LogP contribution in [-0.4, -0.2) is 34.9 Å². The average Bonchev–Trinajstić information content (AvgIpc) is 2.33. The third kappa shape index (κ3) is 4.81. The first-order valence-corrected chi connectivity index (χ1v) is 6.71. The van der Waals surface area contributed by atoms with E-state index in [0.717, 1.165) is 0 Å². The predicted molar refractivity (Wildman–Crippen MR) is 67.2 cm³/mol. The van der Waals surface area contributed by atoms with Gasteiger partial charge >= 0.3 is 6.18 Å². The maximum atomic E-state index is 12.5. The first kappa shape index (κ1) is 17.0. The number of halogens is 3. The van der Waals surface area contributed by atoms with Gasteiger partial charge in [0.05, 0.1) is 29.5 Å². The van der Waals surface area contributed by atoms with Crippen LogP contribution in [0, 0.1) is 10.8 Å². The van der Waals surface area contributed by atoms with Crippen molar-refractivity contribution in [2.75, 3.05) is 7.05 Å². The maximum Gasteiger partial charge on any atom is 0.391 e. The lowest BCUT2D eigenvalue weighted by atomic mass is 9.87. The quantitative estimate of drug-likeness (QED) is 0.640. The van der Waals surface area contributed by atoms with E-state index in [9.17, 15) is 18.1 Å². The highest BCUT2D eigenvalue weighted by atomic mass is 19.4. The molecule has 20 heavy (non-hydrogen) atoms. The Morgan fingerprint density at radius 1 is 1.15 bits per heavy atom. The van der Waals surface area contributed by atoms with Gasteiger partial charge in [0.1, 0.15) is 0 Å². The van der Waals surface area contributed by atoms with Crippen molar-refractivity contribution in [2.45, 2.75) is 64.3 Å². The molecule has 0 aromatic heterocycles. The second-order valence-corrected chi connectivity index (χ2v) is 6.19. The summed E-state index contributed by atoms with van der Waals surface area (Å²) in [7, 11) is 1.60. The average molecular weight is 298 g/mol. The smallest absolute Gasteiger partial charge is 0.219 e. The molecule has 0 saturated heterocycles. The van der Waals surface area contributed by atoms with E-state index in [1.54, 1.807) is 7.05 Å². The molecule has 0 aliphatic heterocycles. The predicted octanol–water partition coefficient (Wildman–Crippen LogP) is 2.97. The monoisotopic (exact) mass is 298 g/mol. The Hall–Kier alpha value is -1.05. The van der Waals surface area contributed by atoms with Crippen molar-refractivity contribution >= 4 is 0 Å². The van der Waals surface area contributed by atoms with E-state index in [4.69, 9.17) is 4.84 Å². The van der Waals surface area contributed by atoms with Crippen LogP contribution in [0.2, 0.25) is 0 Å². The number of rotatable bonds is 4. The Balaban J connectivity index is 2.33. The Morgan fingerprint density at radius 2 is 1.65 bits per heavy atom. The summed E-state index contributed by atoms with van der Waals surface area (Å²) in [6.45, 7) is 5.57. The van der Waals surface area contributed by atoms with Gasteiger partial charge in [-0.05, 0) is 46.5 Å². The van der Waals surface area contributed by atoms with E-state index in [2.05, 4.69) is 5.59 Å². The van der Waals surface area contributed by atoms with E-state index < -0.39 is 12.1 Å². The summed E-state index contributed by atoms with van der Waals surface area (Å²) in [4.78, 5) is 17.3. The molecule has 0 spiro atoms. The van der Waals surface area contributed by atoms with Gasteiger partial charge in [-0.25, -0.2) is 4.84 Å². The van der Waals surface area contributed by atoms with Gasteiger partial charge in [-0.3, -0.25) is 0 Å².